The lowest BCUT2D eigenvalue weighted by Crippen LogP contribution is -1.93. The molecule has 0 atom stereocenters. The van der Waals surface area contributed by atoms with Gasteiger partial charge >= 0.3 is 5.97 Å². The van der Waals surface area contributed by atoms with Gasteiger partial charge in [0, 0.05) is 12.8 Å². The van der Waals surface area contributed by atoms with Gasteiger partial charge in [0.05, 0.1) is 0 Å². The predicted molar refractivity (Wildman–Crippen MR) is 89.6 cm³/mol. The maximum atomic E-state index is 10.4. The fourth-order valence-electron chi connectivity index (χ4n) is 2.02. The number of unbranched alkanes of at least 4 members (excludes halogenated alkanes) is 4. The smallest absolute Gasteiger partial charge is 0.303 e. The molecule has 0 aromatic rings. The van der Waals surface area contributed by atoms with Gasteiger partial charge in [0.1, 0.15) is 5.76 Å². The van der Waals surface area contributed by atoms with Gasteiger partial charge in [-0.15, -0.1) is 0 Å². The maximum absolute atomic E-state index is 10.4. The third kappa shape index (κ3) is 14.9. The summed E-state index contributed by atoms with van der Waals surface area (Å²) >= 11 is 0. The number of hydrogen-bond donors (Lipinski definition) is 2. The summed E-state index contributed by atoms with van der Waals surface area (Å²) in [5, 5.41) is 17.4. The van der Waals surface area contributed by atoms with E-state index in [-0.39, 0.29) is 6.42 Å². The highest BCUT2D eigenvalue weighted by atomic mass is 17.1. The van der Waals surface area contributed by atoms with Crippen molar-refractivity contribution >= 4 is 5.97 Å². The summed E-state index contributed by atoms with van der Waals surface area (Å²) in [6.45, 7) is 2.11. The Morgan fingerprint density at radius 2 is 1.50 bits per heavy atom. The zero-order chi connectivity index (χ0) is 16.5. The largest absolute Gasteiger partial charge is 0.481 e. The van der Waals surface area contributed by atoms with Gasteiger partial charge in [-0.05, 0) is 38.2 Å². The van der Waals surface area contributed by atoms with Gasteiger partial charge in [0.25, 0.3) is 0 Å². The normalized spacial score (nSPS) is 12.4. The summed E-state index contributed by atoms with van der Waals surface area (Å²) in [4.78, 5) is 14.7. The first-order valence-electron chi connectivity index (χ1n) is 8.23. The molecule has 126 valence electrons. The molecule has 0 unspecified atom stereocenters. The highest BCUT2D eigenvalue weighted by molar-refractivity contribution is 5.66. The highest BCUT2D eigenvalue weighted by Crippen LogP contribution is 2.13. The maximum Gasteiger partial charge on any atom is 0.303 e. The van der Waals surface area contributed by atoms with Crippen molar-refractivity contribution < 1.29 is 20.0 Å². The van der Waals surface area contributed by atoms with Crippen LogP contribution in [-0.2, 0) is 9.68 Å². The lowest BCUT2D eigenvalue weighted by atomic mass is 10.1. The molecule has 0 rings (SSSR count). The molecule has 22 heavy (non-hydrogen) atoms. The zero-order valence-corrected chi connectivity index (χ0v) is 13.7. The van der Waals surface area contributed by atoms with E-state index in [9.17, 15) is 4.79 Å². The molecule has 2 N–H and O–H groups in total. The third-order valence-corrected chi connectivity index (χ3v) is 3.25. The van der Waals surface area contributed by atoms with Crippen LogP contribution in [0.15, 0.2) is 36.1 Å². The van der Waals surface area contributed by atoms with Crippen LogP contribution < -0.4 is 0 Å². The number of hydrogen-bond acceptors (Lipinski definition) is 3. The molecule has 0 heterocycles. The second kappa shape index (κ2) is 15.8. The van der Waals surface area contributed by atoms with Crippen LogP contribution in [0.2, 0.25) is 0 Å². The minimum absolute atomic E-state index is 0.255. The molecule has 0 aromatic carbocycles. The first-order valence-corrected chi connectivity index (χ1v) is 8.23. The van der Waals surface area contributed by atoms with Crippen molar-refractivity contribution in [2.75, 3.05) is 0 Å². The van der Waals surface area contributed by atoms with Crippen LogP contribution in [0.3, 0.4) is 0 Å². The summed E-state index contributed by atoms with van der Waals surface area (Å²) in [6.07, 6.45) is 18.7. The standard InChI is InChI=1S/C18H30O4/c1-2-3-4-5-6-8-11-14-17(22-21)15-12-9-7-10-13-16-18(19)20/h3-4,6,8,14,21H,2,5,7,9-13,15-16H2,1H3,(H,19,20). The molecule has 0 aliphatic carbocycles. The van der Waals surface area contributed by atoms with Crippen molar-refractivity contribution in [1.82, 2.24) is 0 Å². The second-order valence-electron chi connectivity index (χ2n) is 5.25. The zero-order valence-electron chi connectivity index (χ0n) is 13.7. The lowest BCUT2D eigenvalue weighted by Gasteiger charge is -2.03. The van der Waals surface area contributed by atoms with Gasteiger partial charge in [0.2, 0.25) is 0 Å². The fourth-order valence-corrected chi connectivity index (χ4v) is 2.02. The lowest BCUT2D eigenvalue weighted by molar-refractivity contribution is -0.206. The van der Waals surface area contributed by atoms with Crippen LogP contribution in [-0.4, -0.2) is 16.3 Å². The molecular formula is C18H30O4. The van der Waals surface area contributed by atoms with E-state index in [0.717, 1.165) is 57.8 Å². The summed E-state index contributed by atoms with van der Waals surface area (Å²) in [6, 6.07) is 0. The minimum Gasteiger partial charge on any atom is -0.481 e. The molecule has 0 saturated carbocycles. The number of rotatable bonds is 14. The molecular weight excluding hydrogens is 280 g/mol. The van der Waals surface area contributed by atoms with Crippen LogP contribution in [0.4, 0.5) is 0 Å². The van der Waals surface area contributed by atoms with Crippen molar-refractivity contribution in [2.45, 2.75) is 71.1 Å². The summed E-state index contributed by atoms with van der Waals surface area (Å²) < 4.78 is 0. The summed E-state index contributed by atoms with van der Waals surface area (Å²) in [7, 11) is 0. The molecule has 4 nitrogen and oxygen atoms in total. The van der Waals surface area contributed by atoms with Crippen LogP contribution in [0.25, 0.3) is 0 Å². The van der Waals surface area contributed by atoms with Crippen molar-refractivity contribution in [3.63, 3.8) is 0 Å². The summed E-state index contributed by atoms with van der Waals surface area (Å²) in [5.74, 6) is -0.114. The van der Waals surface area contributed by atoms with E-state index in [2.05, 4.69) is 36.1 Å². The van der Waals surface area contributed by atoms with Gasteiger partial charge in [-0.2, -0.15) is 0 Å². The first-order chi connectivity index (χ1) is 10.7. The van der Waals surface area contributed by atoms with Crippen LogP contribution in [0.5, 0.6) is 0 Å². The molecule has 0 fully saturated rings. The molecule has 0 amide bonds. The van der Waals surface area contributed by atoms with E-state index < -0.39 is 5.97 Å². The third-order valence-electron chi connectivity index (χ3n) is 3.25. The number of carbonyl (C=O) groups is 1. The molecule has 0 saturated heterocycles. The second-order valence-corrected chi connectivity index (χ2v) is 5.25. The van der Waals surface area contributed by atoms with E-state index in [0.29, 0.717) is 5.76 Å². The van der Waals surface area contributed by atoms with Crippen molar-refractivity contribution in [1.29, 1.82) is 0 Å². The van der Waals surface area contributed by atoms with Gasteiger partial charge in [0.15, 0.2) is 0 Å². The van der Waals surface area contributed by atoms with Crippen LogP contribution in [0, 0.1) is 0 Å². The Labute approximate surface area is 134 Å². The van der Waals surface area contributed by atoms with E-state index in [1.54, 1.807) is 0 Å². The van der Waals surface area contributed by atoms with E-state index >= 15 is 0 Å². The topological polar surface area (TPSA) is 66.8 Å². The SMILES string of the molecule is CCC=CCC=CCC=C(CCCCCCCC(=O)O)OO. The first kappa shape index (κ1) is 20.5. The monoisotopic (exact) mass is 310 g/mol. The highest BCUT2D eigenvalue weighted by Gasteiger charge is 1.99. The Balaban J connectivity index is 3.66. The van der Waals surface area contributed by atoms with Crippen molar-refractivity contribution in [3.05, 3.63) is 36.1 Å². The Morgan fingerprint density at radius 3 is 2.14 bits per heavy atom. The van der Waals surface area contributed by atoms with Crippen LogP contribution in [0.1, 0.15) is 71.1 Å². The van der Waals surface area contributed by atoms with Gasteiger partial charge in [-0.1, -0.05) is 50.5 Å². The Hall–Kier alpha value is -1.55. The molecule has 0 spiro atoms. The van der Waals surface area contributed by atoms with Gasteiger partial charge in [-0.3, -0.25) is 4.79 Å². The fraction of sp³-hybridized carbons (Fsp3) is 0.611. The Morgan fingerprint density at radius 1 is 0.909 bits per heavy atom. The average molecular weight is 310 g/mol. The number of carboxylic acid groups (broad SMARTS) is 1. The average Bonchev–Trinajstić information content (AvgIpc) is 2.50. The number of carboxylic acids is 1. The van der Waals surface area contributed by atoms with E-state index in [4.69, 9.17) is 10.4 Å². The van der Waals surface area contributed by atoms with Gasteiger partial charge < -0.3 is 9.99 Å². The minimum atomic E-state index is -0.725. The molecule has 0 radical (unpaired) electrons. The molecule has 0 aliphatic heterocycles. The molecule has 0 aromatic heterocycles. The Bertz CT molecular complexity index is 356. The quantitative estimate of drug-likeness (QED) is 0.147. The van der Waals surface area contributed by atoms with Crippen LogP contribution >= 0.6 is 0 Å². The molecule has 4 heteroatoms. The predicted octanol–water partition coefficient (Wildman–Crippen LogP) is 5.48. The number of aliphatic carboxylic acids is 1. The Kier molecular flexibility index (Phi) is 14.7. The van der Waals surface area contributed by atoms with E-state index in [1.165, 1.54) is 0 Å². The summed E-state index contributed by atoms with van der Waals surface area (Å²) in [5.41, 5.74) is 0. The van der Waals surface area contributed by atoms with E-state index in [1.807, 2.05) is 6.08 Å². The van der Waals surface area contributed by atoms with Gasteiger partial charge in [-0.25, -0.2) is 5.26 Å². The molecule has 0 bridgehead atoms. The molecule has 0 aliphatic rings. The van der Waals surface area contributed by atoms with Crippen molar-refractivity contribution in [2.24, 2.45) is 0 Å². The number of allylic oxidation sites excluding steroid dienone is 6. The van der Waals surface area contributed by atoms with Crippen molar-refractivity contribution in [3.8, 4) is 0 Å².